The Balaban J connectivity index is 1.31. The number of likely N-dealkylation sites (tertiary alicyclic amines) is 1. The molecule has 1 aromatic carbocycles. The van der Waals surface area contributed by atoms with Crippen molar-refractivity contribution < 1.29 is 4.79 Å². The van der Waals surface area contributed by atoms with Crippen molar-refractivity contribution in [2.75, 3.05) is 31.1 Å². The van der Waals surface area contributed by atoms with Crippen molar-refractivity contribution in [3.05, 3.63) is 57.6 Å². The lowest BCUT2D eigenvalue weighted by Gasteiger charge is -2.33. The number of aromatic amines is 1. The van der Waals surface area contributed by atoms with Crippen LogP contribution in [-0.2, 0) is 0 Å². The fraction of sp³-hybridized carbons (Fsp3) is 0.409. The first kappa shape index (κ1) is 19.2. The SMILES string of the molecule is O=C(c1ccc(N2CCC(n3c(=O)[nH]c4ccccc43)CC2)nc1Cl)N1CCCC1. The van der Waals surface area contributed by atoms with Gasteiger partial charge >= 0.3 is 5.69 Å². The number of fused-ring (bicyclic) bond motifs is 1. The molecule has 8 heteroatoms. The minimum atomic E-state index is -0.0550. The third-order valence-electron chi connectivity index (χ3n) is 6.24. The zero-order valence-electron chi connectivity index (χ0n) is 16.7. The monoisotopic (exact) mass is 425 g/mol. The van der Waals surface area contributed by atoms with Gasteiger partial charge in [-0.1, -0.05) is 23.7 Å². The fourth-order valence-corrected chi connectivity index (χ4v) is 4.87. The average molecular weight is 426 g/mol. The summed E-state index contributed by atoms with van der Waals surface area (Å²) in [6.45, 7) is 3.13. The van der Waals surface area contributed by atoms with E-state index in [0.717, 1.165) is 68.7 Å². The highest BCUT2D eigenvalue weighted by Crippen LogP contribution is 2.29. The predicted molar refractivity (Wildman–Crippen MR) is 117 cm³/mol. The van der Waals surface area contributed by atoms with Gasteiger partial charge in [-0.15, -0.1) is 0 Å². The molecule has 0 atom stereocenters. The number of H-pyrrole nitrogens is 1. The van der Waals surface area contributed by atoms with E-state index in [0.29, 0.717) is 5.56 Å². The summed E-state index contributed by atoms with van der Waals surface area (Å²) in [4.78, 5) is 36.6. The van der Waals surface area contributed by atoms with Crippen LogP contribution in [0.5, 0.6) is 0 Å². The molecule has 0 spiro atoms. The molecule has 2 aliphatic heterocycles. The molecule has 2 aliphatic rings. The maximum absolute atomic E-state index is 12.6. The number of nitrogens with one attached hydrogen (secondary N) is 1. The second kappa shape index (κ2) is 7.80. The molecule has 1 N–H and O–H groups in total. The standard InChI is InChI=1S/C22H24ClN5O2/c23-20-16(21(29)27-11-3-4-12-27)7-8-19(25-20)26-13-9-15(10-14-26)28-18-6-2-1-5-17(18)24-22(28)30/h1-2,5-8,15H,3-4,9-14H2,(H,24,30). The Morgan fingerprint density at radius 3 is 2.50 bits per heavy atom. The molecule has 156 valence electrons. The number of hydrogen-bond donors (Lipinski definition) is 1. The zero-order chi connectivity index (χ0) is 20.7. The van der Waals surface area contributed by atoms with Crippen LogP contribution in [0.15, 0.2) is 41.2 Å². The van der Waals surface area contributed by atoms with Gasteiger partial charge in [0, 0.05) is 32.2 Å². The van der Waals surface area contributed by atoms with E-state index in [-0.39, 0.29) is 22.8 Å². The summed E-state index contributed by atoms with van der Waals surface area (Å²) in [5.41, 5.74) is 2.24. The number of nitrogens with zero attached hydrogens (tertiary/aromatic N) is 4. The first-order chi connectivity index (χ1) is 14.6. The summed E-state index contributed by atoms with van der Waals surface area (Å²) < 4.78 is 1.88. The van der Waals surface area contributed by atoms with Crippen LogP contribution in [0, 0.1) is 0 Å². The highest BCUT2D eigenvalue weighted by Gasteiger charge is 2.26. The number of amides is 1. The molecular weight excluding hydrogens is 402 g/mol. The van der Waals surface area contributed by atoms with Gasteiger partial charge < -0.3 is 14.8 Å². The second-order valence-corrected chi connectivity index (χ2v) is 8.40. The van der Waals surface area contributed by atoms with Gasteiger partial charge in [-0.25, -0.2) is 9.78 Å². The molecule has 2 saturated heterocycles. The third kappa shape index (κ3) is 3.37. The van der Waals surface area contributed by atoms with Crippen LogP contribution in [0.2, 0.25) is 5.15 Å². The van der Waals surface area contributed by atoms with Gasteiger partial charge in [0.05, 0.1) is 16.6 Å². The van der Waals surface area contributed by atoms with Crippen LogP contribution in [0.1, 0.15) is 42.1 Å². The summed E-state index contributed by atoms with van der Waals surface area (Å²) in [7, 11) is 0. The molecular formula is C22H24ClN5O2. The Labute approximate surface area is 179 Å². The number of anilines is 1. The van der Waals surface area contributed by atoms with Crippen LogP contribution in [-0.4, -0.2) is 51.5 Å². The molecule has 5 rings (SSSR count). The lowest BCUT2D eigenvalue weighted by molar-refractivity contribution is 0.0792. The van der Waals surface area contributed by atoms with Crippen LogP contribution < -0.4 is 10.6 Å². The van der Waals surface area contributed by atoms with E-state index in [2.05, 4.69) is 14.9 Å². The fourth-order valence-electron chi connectivity index (χ4n) is 4.64. The molecule has 1 amide bonds. The van der Waals surface area contributed by atoms with Gasteiger partial charge in [0.15, 0.2) is 0 Å². The summed E-state index contributed by atoms with van der Waals surface area (Å²) >= 11 is 6.38. The first-order valence-corrected chi connectivity index (χ1v) is 10.9. The number of rotatable bonds is 3. The van der Waals surface area contributed by atoms with Crippen LogP contribution in [0.3, 0.4) is 0 Å². The van der Waals surface area contributed by atoms with Crippen molar-refractivity contribution in [2.45, 2.75) is 31.7 Å². The van der Waals surface area contributed by atoms with E-state index in [1.807, 2.05) is 39.8 Å². The van der Waals surface area contributed by atoms with E-state index in [1.54, 1.807) is 6.07 Å². The normalized spacial score (nSPS) is 17.8. The van der Waals surface area contributed by atoms with E-state index < -0.39 is 0 Å². The minimum Gasteiger partial charge on any atom is -0.356 e. The summed E-state index contributed by atoms with van der Waals surface area (Å²) in [5.74, 6) is 0.747. The zero-order valence-corrected chi connectivity index (χ0v) is 17.4. The lowest BCUT2D eigenvalue weighted by atomic mass is 10.0. The molecule has 2 fully saturated rings. The molecule has 0 radical (unpaired) electrons. The van der Waals surface area contributed by atoms with Gasteiger partial charge in [0.1, 0.15) is 11.0 Å². The number of hydrogen-bond acceptors (Lipinski definition) is 4. The van der Waals surface area contributed by atoms with E-state index >= 15 is 0 Å². The molecule has 0 saturated carbocycles. The summed E-state index contributed by atoms with van der Waals surface area (Å²) in [6.07, 6.45) is 3.78. The number of carbonyl (C=O) groups excluding carboxylic acids is 1. The Morgan fingerprint density at radius 1 is 1.03 bits per heavy atom. The molecule has 7 nitrogen and oxygen atoms in total. The quantitative estimate of drug-likeness (QED) is 0.652. The lowest BCUT2D eigenvalue weighted by Crippen LogP contribution is -2.37. The van der Waals surface area contributed by atoms with E-state index in [4.69, 9.17) is 11.6 Å². The Morgan fingerprint density at radius 2 is 1.77 bits per heavy atom. The maximum Gasteiger partial charge on any atom is 0.326 e. The molecule has 30 heavy (non-hydrogen) atoms. The van der Waals surface area contributed by atoms with Crippen LogP contribution in [0.4, 0.5) is 5.82 Å². The maximum atomic E-state index is 12.6. The largest absolute Gasteiger partial charge is 0.356 e. The Kier molecular flexibility index (Phi) is 4.98. The van der Waals surface area contributed by atoms with Gasteiger partial charge in [0.2, 0.25) is 0 Å². The van der Waals surface area contributed by atoms with Crippen LogP contribution in [0.25, 0.3) is 11.0 Å². The third-order valence-corrected chi connectivity index (χ3v) is 6.52. The number of pyridine rings is 1. The van der Waals surface area contributed by atoms with Crippen molar-refractivity contribution in [2.24, 2.45) is 0 Å². The molecule has 0 bridgehead atoms. The van der Waals surface area contributed by atoms with E-state index in [1.165, 1.54) is 0 Å². The second-order valence-electron chi connectivity index (χ2n) is 8.04. The number of aromatic nitrogens is 3. The van der Waals surface area contributed by atoms with Crippen molar-refractivity contribution in [1.82, 2.24) is 19.4 Å². The Hall–Kier alpha value is -2.80. The highest BCUT2D eigenvalue weighted by atomic mass is 35.5. The number of imidazole rings is 1. The van der Waals surface area contributed by atoms with Gasteiger partial charge in [-0.3, -0.25) is 9.36 Å². The van der Waals surface area contributed by atoms with Crippen molar-refractivity contribution in [1.29, 1.82) is 0 Å². The van der Waals surface area contributed by atoms with Gasteiger partial charge in [-0.2, -0.15) is 0 Å². The number of benzene rings is 1. The Bertz CT molecular complexity index is 1140. The topological polar surface area (TPSA) is 74.2 Å². The number of piperidine rings is 1. The van der Waals surface area contributed by atoms with Gasteiger partial charge in [-0.05, 0) is 49.9 Å². The number of halogens is 1. The van der Waals surface area contributed by atoms with Crippen molar-refractivity contribution in [3.8, 4) is 0 Å². The minimum absolute atomic E-state index is 0.0334. The molecule has 2 aromatic heterocycles. The summed E-state index contributed by atoms with van der Waals surface area (Å²) in [5, 5.41) is 0.263. The van der Waals surface area contributed by atoms with Crippen LogP contribution >= 0.6 is 11.6 Å². The molecule has 3 aromatic rings. The first-order valence-electron chi connectivity index (χ1n) is 10.5. The summed E-state index contributed by atoms with van der Waals surface area (Å²) in [6, 6.07) is 11.6. The van der Waals surface area contributed by atoms with Crippen molar-refractivity contribution in [3.63, 3.8) is 0 Å². The number of carbonyl (C=O) groups is 1. The van der Waals surface area contributed by atoms with E-state index in [9.17, 15) is 9.59 Å². The average Bonchev–Trinajstić information content (AvgIpc) is 3.41. The molecule has 4 heterocycles. The van der Waals surface area contributed by atoms with Crippen molar-refractivity contribution >= 4 is 34.4 Å². The van der Waals surface area contributed by atoms with Gasteiger partial charge in [0.25, 0.3) is 5.91 Å². The molecule has 0 aliphatic carbocycles. The smallest absolute Gasteiger partial charge is 0.326 e. The number of para-hydroxylation sites is 2. The molecule has 0 unspecified atom stereocenters. The highest BCUT2D eigenvalue weighted by molar-refractivity contribution is 6.32. The predicted octanol–water partition coefficient (Wildman–Crippen LogP) is 3.46.